The van der Waals surface area contributed by atoms with Gasteiger partial charge in [-0.3, -0.25) is 9.36 Å². The Hall–Kier alpha value is -1.28. The smallest absolute Gasteiger partial charge is 0.306 e. The molecular formula is C58H112NO7P. The summed E-state index contributed by atoms with van der Waals surface area (Å²) in [7, 11) is 1.37. The summed E-state index contributed by atoms with van der Waals surface area (Å²) >= 11 is 0. The van der Waals surface area contributed by atoms with Crippen molar-refractivity contribution in [2.75, 3.05) is 54.1 Å². The zero-order chi connectivity index (χ0) is 49.0. The van der Waals surface area contributed by atoms with E-state index in [2.05, 4.69) is 50.3 Å². The Bertz CT molecular complexity index is 1170. The number of rotatable bonds is 54. The summed E-state index contributed by atoms with van der Waals surface area (Å²) < 4.78 is 34.9. The van der Waals surface area contributed by atoms with Crippen molar-refractivity contribution in [1.82, 2.24) is 0 Å². The molecule has 0 aromatic heterocycles. The van der Waals surface area contributed by atoms with Crippen molar-refractivity contribution in [1.29, 1.82) is 0 Å². The molecule has 2 atom stereocenters. The predicted molar refractivity (Wildman–Crippen MR) is 287 cm³/mol. The van der Waals surface area contributed by atoms with E-state index in [0.717, 1.165) is 44.9 Å². The van der Waals surface area contributed by atoms with Crippen LogP contribution < -0.4 is 4.89 Å². The molecule has 0 heterocycles. The molecule has 0 rings (SSSR count). The average molecular weight is 967 g/mol. The molecule has 396 valence electrons. The Morgan fingerprint density at radius 3 is 1.22 bits per heavy atom. The maximum absolute atomic E-state index is 12.8. The Kier molecular flexibility index (Phi) is 50.1. The van der Waals surface area contributed by atoms with Gasteiger partial charge in [-0.05, 0) is 51.4 Å². The number of nitrogens with zero attached hydrogens (tertiary/aromatic N) is 1. The first kappa shape index (κ1) is 65.7. The maximum atomic E-state index is 12.8. The fourth-order valence-electron chi connectivity index (χ4n) is 8.26. The molecule has 0 aliphatic rings. The first-order chi connectivity index (χ1) is 32.6. The molecular weight excluding hydrogens is 854 g/mol. The van der Waals surface area contributed by atoms with Gasteiger partial charge >= 0.3 is 5.97 Å². The molecule has 0 N–H and O–H groups in total. The molecule has 9 heteroatoms. The number of unbranched alkanes of at least 4 members (excludes halogenated alkanes) is 34. The summed E-state index contributed by atoms with van der Waals surface area (Å²) in [5, 5.41) is 0. The van der Waals surface area contributed by atoms with E-state index in [-0.39, 0.29) is 25.8 Å². The third-order valence-corrected chi connectivity index (χ3v) is 13.7. The number of hydrogen-bond acceptors (Lipinski definition) is 7. The summed E-state index contributed by atoms with van der Waals surface area (Å²) in [4.78, 5) is 25.3. The van der Waals surface area contributed by atoms with Crippen molar-refractivity contribution in [2.24, 2.45) is 0 Å². The van der Waals surface area contributed by atoms with Gasteiger partial charge in [-0.1, -0.05) is 249 Å². The third-order valence-electron chi connectivity index (χ3n) is 12.7. The first-order valence-electron chi connectivity index (χ1n) is 28.7. The van der Waals surface area contributed by atoms with Gasteiger partial charge in [-0.2, -0.15) is 0 Å². The summed E-state index contributed by atoms with van der Waals surface area (Å²) in [6.45, 7) is 5.45. The summed E-state index contributed by atoms with van der Waals surface area (Å²) in [5.74, 6) is -0.333. The maximum Gasteiger partial charge on any atom is 0.306 e. The molecule has 0 aromatic carbocycles. The van der Waals surface area contributed by atoms with E-state index in [1.165, 1.54) is 205 Å². The van der Waals surface area contributed by atoms with Crippen LogP contribution in [0.4, 0.5) is 0 Å². The molecule has 0 fully saturated rings. The molecule has 0 aliphatic carbocycles. The highest BCUT2D eigenvalue weighted by atomic mass is 31.2. The van der Waals surface area contributed by atoms with E-state index in [4.69, 9.17) is 18.5 Å². The second-order valence-electron chi connectivity index (χ2n) is 20.7. The molecule has 0 aliphatic heterocycles. The zero-order valence-corrected chi connectivity index (χ0v) is 46.0. The Morgan fingerprint density at radius 2 is 0.821 bits per heavy atom. The van der Waals surface area contributed by atoms with E-state index in [9.17, 15) is 14.3 Å². The summed E-state index contributed by atoms with van der Waals surface area (Å²) in [5.41, 5.74) is 0. The second kappa shape index (κ2) is 51.1. The molecule has 2 unspecified atom stereocenters. The summed E-state index contributed by atoms with van der Waals surface area (Å²) in [6, 6.07) is 0. The van der Waals surface area contributed by atoms with Gasteiger partial charge in [0.05, 0.1) is 34.4 Å². The fourth-order valence-corrected chi connectivity index (χ4v) is 8.99. The molecule has 0 amide bonds. The number of allylic oxidation sites excluding steroid dienone is 6. The van der Waals surface area contributed by atoms with Gasteiger partial charge in [0.1, 0.15) is 19.3 Å². The van der Waals surface area contributed by atoms with E-state index in [1.807, 2.05) is 21.1 Å². The minimum Gasteiger partial charge on any atom is -0.756 e. The van der Waals surface area contributed by atoms with E-state index in [0.29, 0.717) is 24.1 Å². The Labute approximate surface area is 416 Å². The van der Waals surface area contributed by atoms with E-state index < -0.39 is 13.9 Å². The minimum absolute atomic E-state index is 0.0268. The molecule has 67 heavy (non-hydrogen) atoms. The van der Waals surface area contributed by atoms with Gasteiger partial charge in [0.25, 0.3) is 7.82 Å². The quantitative estimate of drug-likeness (QED) is 0.0197. The van der Waals surface area contributed by atoms with Gasteiger partial charge in [-0.15, -0.1) is 0 Å². The highest BCUT2D eigenvalue weighted by molar-refractivity contribution is 7.45. The fraction of sp³-hybridized carbons (Fsp3) is 0.879. The zero-order valence-electron chi connectivity index (χ0n) is 45.1. The minimum atomic E-state index is -4.53. The third kappa shape index (κ3) is 55.5. The number of carbonyl (C=O) groups is 1. The average Bonchev–Trinajstić information content (AvgIpc) is 3.29. The number of likely N-dealkylation sites (N-methyl/N-ethyl adjacent to an activating group) is 1. The molecule has 8 nitrogen and oxygen atoms in total. The van der Waals surface area contributed by atoms with Crippen LogP contribution in [0.25, 0.3) is 0 Å². The molecule has 0 spiro atoms. The Morgan fingerprint density at radius 1 is 0.463 bits per heavy atom. The van der Waals surface area contributed by atoms with Gasteiger partial charge in [0.15, 0.2) is 0 Å². The van der Waals surface area contributed by atoms with E-state index >= 15 is 0 Å². The monoisotopic (exact) mass is 966 g/mol. The van der Waals surface area contributed by atoms with Gasteiger partial charge in [-0.25, -0.2) is 0 Å². The predicted octanol–water partition coefficient (Wildman–Crippen LogP) is 17.4. The highest BCUT2D eigenvalue weighted by Gasteiger charge is 2.20. The second-order valence-corrected chi connectivity index (χ2v) is 22.1. The lowest BCUT2D eigenvalue weighted by Gasteiger charge is -2.28. The molecule has 0 bridgehead atoms. The number of carbonyl (C=O) groups excluding carboxylic acids is 1. The number of ether oxygens (including phenoxy) is 2. The van der Waals surface area contributed by atoms with E-state index in [1.54, 1.807) is 0 Å². The van der Waals surface area contributed by atoms with Crippen LogP contribution in [-0.4, -0.2) is 70.7 Å². The number of phosphoric ester groups is 1. The van der Waals surface area contributed by atoms with Crippen LogP contribution in [0.3, 0.4) is 0 Å². The normalized spacial score (nSPS) is 13.7. The number of hydrogen-bond donors (Lipinski definition) is 0. The van der Waals surface area contributed by atoms with Gasteiger partial charge in [0.2, 0.25) is 0 Å². The lowest BCUT2D eigenvalue weighted by Crippen LogP contribution is -2.37. The van der Waals surface area contributed by atoms with Crippen molar-refractivity contribution >= 4 is 13.8 Å². The van der Waals surface area contributed by atoms with Crippen LogP contribution in [0.15, 0.2) is 36.5 Å². The van der Waals surface area contributed by atoms with Crippen molar-refractivity contribution in [3.8, 4) is 0 Å². The number of esters is 1. The van der Waals surface area contributed by atoms with Crippen LogP contribution in [0.5, 0.6) is 0 Å². The van der Waals surface area contributed by atoms with Crippen molar-refractivity contribution in [3.63, 3.8) is 0 Å². The van der Waals surface area contributed by atoms with Crippen LogP contribution in [0.2, 0.25) is 0 Å². The van der Waals surface area contributed by atoms with Crippen molar-refractivity contribution in [3.05, 3.63) is 36.5 Å². The highest BCUT2D eigenvalue weighted by Crippen LogP contribution is 2.38. The molecule has 0 radical (unpaired) electrons. The van der Waals surface area contributed by atoms with Crippen molar-refractivity contribution < 1.29 is 37.3 Å². The number of quaternary nitrogens is 1. The van der Waals surface area contributed by atoms with Gasteiger partial charge in [0, 0.05) is 13.0 Å². The van der Waals surface area contributed by atoms with Crippen LogP contribution in [0.1, 0.15) is 271 Å². The lowest BCUT2D eigenvalue weighted by atomic mass is 10.0. The molecule has 0 saturated carbocycles. The van der Waals surface area contributed by atoms with Crippen LogP contribution >= 0.6 is 7.82 Å². The molecule has 0 saturated heterocycles. The standard InChI is InChI=1S/C58H112NO7P/c1-6-8-10-12-14-16-18-20-22-24-26-28-29-30-31-32-33-35-37-39-41-43-45-47-49-51-58(60)66-57(56-65-67(61,62)64-54-52-59(3,4)5)55-63-53-50-48-46-44-42-40-38-36-34-27-25-23-21-19-17-15-13-11-9-7-2/h18,20,24,26,29-30,57H,6-17,19,21-23,25,27-28,31-56H2,1-5H3/b20-18-,26-24-,30-29-. The SMILES string of the molecule is CCCCCCC/C=C\C/C=C\C/C=C\CCCCCCCCCCCCC(=O)OC(COCCCCCCCCCCCCCCCCCCCCCC)COP(=O)([O-])OCC[N+](C)(C)C. The Balaban J connectivity index is 4.07. The van der Waals surface area contributed by atoms with Crippen molar-refractivity contribution in [2.45, 2.75) is 277 Å². The van der Waals surface area contributed by atoms with Gasteiger partial charge < -0.3 is 27.9 Å². The first-order valence-corrected chi connectivity index (χ1v) is 30.2. The molecule has 0 aromatic rings. The largest absolute Gasteiger partial charge is 0.756 e. The van der Waals surface area contributed by atoms with Crippen LogP contribution in [0, 0.1) is 0 Å². The van der Waals surface area contributed by atoms with Crippen LogP contribution in [-0.2, 0) is 27.9 Å². The summed E-state index contributed by atoms with van der Waals surface area (Å²) in [6.07, 6.45) is 63.2. The lowest BCUT2D eigenvalue weighted by molar-refractivity contribution is -0.870. The topological polar surface area (TPSA) is 94.1 Å². The number of phosphoric acid groups is 1.